The van der Waals surface area contributed by atoms with Gasteiger partial charge in [0, 0.05) is 36.8 Å². The highest BCUT2D eigenvalue weighted by atomic mass is 35.5. The van der Waals surface area contributed by atoms with Crippen molar-refractivity contribution in [2.24, 2.45) is 0 Å². The number of carbonyl (C=O) groups excluding carboxylic acids is 1. The van der Waals surface area contributed by atoms with Gasteiger partial charge in [-0.3, -0.25) is 9.69 Å². The van der Waals surface area contributed by atoms with Crippen molar-refractivity contribution in [3.05, 3.63) is 64.8 Å². The zero-order chi connectivity index (χ0) is 20.4. The first-order valence-corrected chi connectivity index (χ1v) is 9.74. The number of ketones is 1. The van der Waals surface area contributed by atoms with E-state index in [2.05, 4.69) is 15.0 Å². The molecule has 1 fully saturated rings. The molecular formula is C21H20ClFN4O2. The summed E-state index contributed by atoms with van der Waals surface area (Å²) in [4.78, 5) is 20.6. The van der Waals surface area contributed by atoms with Crippen LogP contribution >= 0.6 is 11.6 Å². The third-order valence-corrected chi connectivity index (χ3v) is 5.24. The SMILES string of the molecule is CC(=O)c1c(F)cccc1N1CCN(Cc2nc(-c3ccc(Cl)cc3)no2)CC1. The van der Waals surface area contributed by atoms with Gasteiger partial charge in [-0.25, -0.2) is 4.39 Å². The highest BCUT2D eigenvalue weighted by Crippen LogP contribution is 2.25. The van der Waals surface area contributed by atoms with Gasteiger partial charge in [0.25, 0.3) is 0 Å². The highest BCUT2D eigenvalue weighted by molar-refractivity contribution is 6.30. The normalized spacial score (nSPS) is 14.9. The van der Waals surface area contributed by atoms with Gasteiger partial charge in [0.1, 0.15) is 5.82 Å². The Kier molecular flexibility index (Phi) is 5.60. The van der Waals surface area contributed by atoms with E-state index in [4.69, 9.17) is 16.1 Å². The van der Waals surface area contributed by atoms with Gasteiger partial charge >= 0.3 is 0 Å². The van der Waals surface area contributed by atoms with E-state index in [9.17, 15) is 9.18 Å². The molecule has 1 saturated heterocycles. The first-order valence-electron chi connectivity index (χ1n) is 9.36. The third-order valence-electron chi connectivity index (χ3n) is 4.99. The Labute approximate surface area is 172 Å². The number of anilines is 1. The molecule has 0 unspecified atom stereocenters. The average molecular weight is 415 g/mol. The number of aromatic nitrogens is 2. The molecule has 2 aromatic carbocycles. The van der Waals surface area contributed by atoms with Crippen LogP contribution in [-0.4, -0.2) is 47.0 Å². The summed E-state index contributed by atoms with van der Waals surface area (Å²) in [5.74, 6) is 0.332. The number of carbonyl (C=O) groups is 1. The van der Waals surface area contributed by atoms with Gasteiger partial charge in [-0.05, 0) is 43.3 Å². The average Bonchev–Trinajstić information content (AvgIpc) is 3.17. The molecule has 6 nitrogen and oxygen atoms in total. The molecule has 0 bridgehead atoms. The monoisotopic (exact) mass is 414 g/mol. The molecule has 0 aliphatic carbocycles. The van der Waals surface area contributed by atoms with Gasteiger partial charge in [-0.2, -0.15) is 4.98 Å². The Morgan fingerprint density at radius 3 is 2.55 bits per heavy atom. The van der Waals surface area contributed by atoms with E-state index >= 15 is 0 Å². The predicted octanol–water partition coefficient (Wildman–Crippen LogP) is 4.05. The van der Waals surface area contributed by atoms with Crippen LogP contribution in [-0.2, 0) is 6.54 Å². The van der Waals surface area contributed by atoms with E-state index in [1.165, 1.54) is 13.0 Å². The smallest absolute Gasteiger partial charge is 0.241 e. The summed E-state index contributed by atoms with van der Waals surface area (Å²) in [6, 6.07) is 12.0. The van der Waals surface area contributed by atoms with Gasteiger partial charge in [0.05, 0.1) is 17.8 Å². The van der Waals surface area contributed by atoms with Gasteiger partial charge in [0.2, 0.25) is 11.7 Å². The van der Waals surface area contributed by atoms with Gasteiger partial charge < -0.3 is 9.42 Å². The van der Waals surface area contributed by atoms with Crippen LogP contribution in [0.25, 0.3) is 11.4 Å². The Morgan fingerprint density at radius 1 is 1.14 bits per heavy atom. The van der Waals surface area contributed by atoms with Crippen LogP contribution < -0.4 is 4.90 Å². The largest absolute Gasteiger partial charge is 0.368 e. The Morgan fingerprint density at radius 2 is 1.86 bits per heavy atom. The van der Waals surface area contributed by atoms with Crippen molar-refractivity contribution in [1.29, 1.82) is 0 Å². The van der Waals surface area contributed by atoms with E-state index in [1.807, 2.05) is 17.0 Å². The number of hydrogen-bond acceptors (Lipinski definition) is 6. The molecule has 29 heavy (non-hydrogen) atoms. The molecule has 0 saturated carbocycles. The number of benzene rings is 2. The second kappa shape index (κ2) is 8.31. The van der Waals surface area contributed by atoms with Crippen molar-refractivity contribution < 1.29 is 13.7 Å². The van der Waals surface area contributed by atoms with Gasteiger partial charge in [0.15, 0.2) is 5.78 Å². The second-order valence-electron chi connectivity index (χ2n) is 6.97. The molecule has 0 amide bonds. The Bertz CT molecular complexity index is 1010. The van der Waals surface area contributed by atoms with E-state index in [0.717, 1.165) is 18.7 Å². The van der Waals surface area contributed by atoms with E-state index < -0.39 is 5.82 Å². The number of Topliss-reactive ketones (excluding diaryl/α,β-unsaturated/α-hetero) is 1. The lowest BCUT2D eigenvalue weighted by Gasteiger charge is -2.36. The molecule has 0 spiro atoms. The predicted molar refractivity (Wildman–Crippen MR) is 109 cm³/mol. The van der Waals surface area contributed by atoms with Crippen LogP contribution in [0.4, 0.5) is 10.1 Å². The third kappa shape index (κ3) is 4.31. The van der Waals surface area contributed by atoms with Crippen molar-refractivity contribution >= 4 is 23.1 Å². The second-order valence-corrected chi connectivity index (χ2v) is 7.41. The summed E-state index contributed by atoms with van der Waals surface area (Å²) in [6.45, 7) is 4.78. The van der Waals surface area contributed by atoms with Crippen LogP contribution in [0.1, 0.15) is 23.2 Å². The van der Waals surface area contributed by atoms with E-state index in [-0.39, 0.29) is 11.3 Å². The summed E-state index contributed by atoms with van der Waals surface area (Å²) >= 11 is 5.91. The fourth-order valence-corrected chi connectivity index (χ4v) is 3.62. The molecule has 0 N–H and O–H groups in total. The molecule has 0 radical (unpaired) electrons. The minimum atomic E-state index is -0.474. The Balaban J connectivity index is 1.39. The van der Waals surface area contributed by atoms with Gasteiger partial charge in [-0.1, -0.05) is 22.8 Å². The van der Waals surface area contributed by atoms with Crippen LogP contribution in [0, 0.1) is 5.82 Å². The number of piperazine rings is 1. The summed E-state index contributed by atoms with van der Waals surface area (Å²) in [7, 11) is 0. The first-order chi connectivity index (χ1) is 14.0. The van der Waals surface area contributed by atoms with Crippen LogP contribution in [0.3, 0.4) is 0 Å². The topological polar surface area (TPSA) is 62.5 Å². The lowest BCUT2D eigenvalue weighted by Crippen LogP contribution is -2.46. The first kappa shape index (κ1) is 19.5. The van der Waals surface area contributed by atoms with Crippen molar-refractivity contribution in [2.75, 3.05) is 31.1 Å². The summed E-state index contributed by atoms with van der Waals surface area (Å²) < 4.78 is 19.5. The van der Waals surface area contributed by atoms with Crippen molar-refractivity contribution in [3.63, 3.8) is 0 Å². The lowest BCUT2D eigenvalue weighted by molar-refractivity contribution is 0.101. The van der Waals surface area contributed by atoms with Crippen molar-refractivity contribution in [3.8, 4) is 11.4 Å². The zero-order valence-electron chi connectivity index (χ0n) is 15.9. The van der Waals surface area contributed by atoms with Crippen LogP contribution in [0.15, 0.2) is 47.0 Å². The molecule has 1 aromatic heterocycles. The molecular weight excluding hydrogens is 395 g/mol. The maximum absolute atomic E-state index is 14.1. The van der Waals surface area contributed by atoms with Gasteiger partial charge in [-0.15, -0.1) is 0 Å². The quantitative estimate of drug-likeness (QED) is 0.587. The lowest BCUT2D eigenvalue weighted by atomic mass is 10.1. The van der Waals surface area contributed by atoms with E-state index in [1.54, 1.807) is 24.3 Å². The fourth-order valence-electron chi connectivity index (χ4n) is 3.50. The van der Waals surface area contributed by atoms with E-state index in [0.29, 0.717) is 42.1 Å². The number of nitrogens with zero attached hydrogens (tertiary/aromatic N) is 4. The number of halogens is 2. The standard InChI is InChI=1S/C21H20ClFN4O2/c1-14(28)20-17(23)3-2-4-18(20)27-11-9-26(10-12-27)13-19-24-21(25-29-19)15-5-7-16(22)8-6-15/h2-8H,9-13H2,1H3. The molecule has 8 heteroatoms. The fraction of sp³-hybridized carbons (Fsp3) is 0.286. The minimum absolute atomic E-state index is 0.158. The highest BCUT2D eigenvalue weighted by Gasteiger charge is 2.23. The molecule has 1 aliphatic rings. The molecule has 2 heterocycles. The summed E-state index contributed by atoms with van der Waals surface area (Å²) in [5, 5.41) is 4.69. The number of rotatable bonds is 5. The van der Waals surface area contributed by atoms with Crippen LogP contribution in [0.2, 0.25) is 5.02 Å². The summed E-state index contributed by atoms with van der Waals surface area (Å²) in [5.41, 5.74) is 1.66. The van der Waals surface area contributed by atoms with Crippen molar-refractivity contribution in [2.45, 2.75) is 13.5 Å². The molecule has 150 valence electrons. The zero-order valence-corrected chi connectivity index (χ0v) is 16.7. The van der Waals surface area contributed by atoms with Crippen molar-refractivity contribution in [1.82, 2.24) is 15.0 Å². The Hall–Kier alpha value is -2.77. The molecule has 4 rings (SSSR count). The maximum atomic E-state index is 14.1. The molecule has 0 atom stereocenters. The summed E-state index contributed by atoms with van der Waals surface area (Å²) in [6.07, 6.45) is 0. The van der Waals surface area contributed by atoms with Crippen LogP contribution in [0.5, 0.6) is 0 Å². The molecule has 1 aliphatic heterocycles. The minimum Gasteiger partial charge on any atom is -0.368 e. The molecule has 3 aromatic rings. The number of hydrogen-bond donors (Lipinski definition) is 0. The maximum Gasteiger partial charge on any atom is 0.241 e.